The lowest BCUT2D eigenvalue weighted by molar-refractivity contribution is -0.123. The van der Waals surface area contributed by atoms with Crippen molar-refractivity contribution < 1.29 is 4.79 Å². The van der Waals surface area contributed by atoms with Crippen LogP contribution >= 0.6 is 0 Å². The summed E-state index contributed by atoms with van der Waals surface area (Å²) in [5, 5.41) is 0. The molecule has 0 spiro atoms. The zero-order chi connectivity index (χ0) is 19.7. The van der Waals surface area contributed by atoms with E-state index in [1.165, 1.54) is 0 Å². The quantitative estimate of drug-likeness (QED) is 0.735. The van der Waals surface area contributed by atoms with Crippen LogP contribution in [0.2, 0.25) is 0 Å². The van der Waals surface area contributed by atoms with E-state index in [0.717, 1.165) is 30.6 Å². The van der Waals surface area contributed by atoms with Crippen molar-refractivity contribution in [3.05, 3.63) is 72.9 Å². The van der Waals surface area contributed by atoms with Gasteiger partial charge in [-0.3, -0.25) is 4.79 Å². The summed E-state index contributed by atoms with van der Waals surface area (Å²) in [6.07, 6.45) is 6.24. The fraction of sp³-hybridized carbons (Fsp3) is 0.435. The average Bonchev–Trinajstić information content (AvgIpc) is 3.14. The summed E-state index contributed by atoms with van der Waals surface area (Å²) in [6.45, 7) is 17.9. The molecule has 1 aromatic rings. The van der Waals surface area contributed by atoms with Gasteiger partial charge in [-0.05, 0) is 43.9 Å². The van der Waals surface area contributed by atoms with Crippen molar-refractivity contribution in [2.45, 2.75) is 45.6 Å². The van der Waals surface area contributed by atoms with Gasteiger partial charge < -0.3 is 10.6 Å². The minimum atomic E-state index is -0.874. The molecule has 1 saturated heterocycles. The molecule has 3 nitrogen and oxygen atoms in total. The van der Waals surface area contributed by atoms with Gasteiger partial charge >= 0.3 is 0 Å². The maximum Gasteiger partial charge on any atom is 0.232 e. The number of hydrogen-bond acceptors (Lipinski definition) is 2. The second kappa shape index (κ2) is 10.1. The number of nitrogens with zero attached hydrogens (tertiary/aromatic N) is 1. The van der Waals surface area contributed by atoms with Crippen molar-refractivity contribution in [3.63, 3.8) is 0 Å². The molecule has 2 atom stereocenters. The molecule has 142 valence electrons. The van der Waals surface area contributed by atoms with E-state index < -0.39 is 5.41 Å². The first-order chi connectivity index (χ1) is 12.5. The molecule has 26 heavy (non-hydrogen) atoms. The Balaban J connectivity index is 0.00000163. The average molecular weight is 355 g/mol. The molecule has 0 saturated carbocycles. The van der Waals surface area contributed by atoms with Gasteiger partial charge in [0.05, 0.1) is 0 Å². The van der Waals surface area contributed by atoms with Crippen molar-refractivity contribution >= 4 is 5.91 Å². The van der Waals surface area contributed by atoms with Gasteiger partial charge in [-0.15, -0.1) is 0 Å². The number of carbonyl (C=O) groups excluding carboxylic acids is 1. The van der Waals surface area contributed by atoms with E-state index in [4.69, 9.17) is 5.73 Å². The molecule has 2 unspecified atom stereocenters. The molecule has 0 aliphatic carbocycles. The van der Waals surface area contributed by atoms with Gasteiger partial charge in [0.2, 0.25) is 5.91 Å². The monoisotopic (exact) mass is 354 g/mol. The molecule has 0 bridgehead atoms. The minimum Gasteiger partial charge on any atom is -0.369 e. The van der Waals surface area contributed by atoms with E-state index in [9.17, 15) is 4.79 Å². The highest BCUT2D eigenvalue weighted by Crippen LogP contribution is 2.44. The Morgan fingerprint density at radius 3 is 2.31 bits per heavy atom. The highest BCUT2D eigenvalue weighted by molar-refractivity contribution is 5.92. The number of rotatable bonds is 7. The fourth-order valence-corrected chi connectivity index (χ4v) is 3.92. The summed E-state index contributed by atoms with van der Waals surface area (Å²) < 4.78 is 0. The van der Waals surface area contributed by atoms with Crippen LogP contribution < -0.4 is 5.73 Å². The Bertz CT molecular complexity index is 633. The van der Waals surface area contributed by atoms with Gasteiger partial charge in [-0.2, -0.15) is 0 Å². The molecule has 1 aliphatic heterocycles. The summed E-state index contributed by atoms with van der Waals surface area (Å²) in [5.74, 6) is -0.207. The first-order valence-corrected chi connectivity index (χ1v) is 9.53. The standard InChI is InChI=1S/C21H28N2O.C2H6/c1-5-10-17(6-2)21(20(22)24,18-11-8-7-9-12-18)19-13-14-23(15-19)16(3)4;1-2/h5-12,16,19H,1-2,13-15H2,3-4H3,(H2,22,24);1-2H3/b17-10+;. The van der Waals surface area contributed by atoms with Crippen LogP contribution in [0.3, 0.4) is 0 Å². The Morgan fingerprint density at radius 2 is 1.88 bits per heavy atom. The lowest BCUT2D eigenvalue weighted by Gasteiger charge is -2.38. The van der Waals surface area contributed by atoms with Crippen LogP contribution in [0.25, 0.3) is 0 Å². The maximum absolute atomic E-state index is 12.8. The zero-order valence-electron chi connectivity index (χ0n) is 16.7. The highest BCUT2D eigenvalue weighted by Gasteiger charge is 2.50. The van der Waals surface area contributed by atoms with Crippen LogP contribution in [-0.2, 0) is 10.2 Å². The molecule has 3 heteroatoms. The van der Waals surface area contributed by atoms with Crippen LogP contribution in [0, 0.1) is 5.92 Å². The van der Waals surface area contributed by atoms with Crippen molar-refractivity contribution in [3.8, 4) is 0 Å². The molecule has 1 aliphatic rings. The van der Waals surface area contributed by atoms with Gasteiger partial charge in [0.15, 0.2) is 0 Å². The SMILES string of the molecule is C=C/C=C(\C=C)C(C(N)=O)(c1ccccc1)C1CCN(C(C)C)C1.CC. The molecule has 2 N–H and O–H groups in total. The van der Waals surface area contributed by atoms with E-state index in [-0.39, 0.29) is 11.8 Å². The summed E-state index contributed by atoms with van der Waals surface area (Å²) in [7, 11) is 0. The maximum atomic E-state index is 12.8. The molecule has 1 aromatic carbocycles. The lowest BCUT2D eigenvalue weighted by Crippen LogP contribution is -2.49. The number of carbonyl (C=O) groups is 1. The Kier molecular flexibility index (Phi) is 8.53. The van der Waals surface area contributed by atoms with Gasteiger partial charge in [0.1, 0.15) is 5.41 Å². The lowest BCUT2D eigenvalue weighted by atomic mass is 9.64. The first kappa shape index (κ1) is 21.9. The molecule has 1 fully saturated rings. The predicted octanol–water partition coefficient (Wildman–Crippen LogP) is 4.46. The van der Waals surface area contributed by atoms with Crippen molar-refractivity contribution in [1.29, 1.82) is 0 Å². The molecular weight excluding hydrogens is 320 g/mol. The summed E-state index contributed by atoms with van der Waals surface area (Å²) in [6, 6.07) is 10.3. The van der Waals surface area contributed by atoms with Crippen LogP contribution in [0.5, 0.6) is 0 Å². The van der Waals surface area contributed by atoms with Gasteiger partial charge in [-0.1, -0.05) is 75.6 Å². The number of allylic oxidation sites excluding steroid dienone is 3. The molecule has 0 aromatic heterocycles. The molecular formula is C23H34N2O. The van der Waals surface area contributed by atoms with Gasteiger partial charge in [-0.25, -0.2) is 0 Å². The Labute approximate surface area is 159 Å². The second-order valence-corrected chi connectivity index (χ2v) is 6.67. The number of primary amides is 1. The smallest absolute Gasteiger partial charge is 0.232 e. The summed E-state index contributed by atoms with van der Waals surface area (Å²) >= 11 is 0. The normalized spacial score (nSPS) is 20.0. The number of hydrogen-bond donors (Lipinski definition) is 1. The van der Waals surface area contributed by atoms with E-state index in [2.05, 4.69) is 31.9 Å². The van der Waals surface area contributed by atoms with Crippen LogP contribution in [0.4, 0.5) is 0 Å². The molecule has 1 heterocycles. The highest BCUT2D eigenvalue weighted by atomic mass is 16.1. The van der Waals surface area contributed by atoms with Crippen molar-refractivity contribution in [2.24, 2.45) is 11.7 Å². The van der Waals surface area contributed by atoms with Gasteiger partial charge in [0.25, 0.3) is 0 Å². The third kappa shape index (κ3) is 4.16. The summed E-state index contributed by atoms with van der Waals surface area (Å²) in [5.41, 5.74) is 6.91. The summed E-state index contributed by atoms with van der Waals surface area (Å²) in [4.78, 5) is 15.2. The van der Waals surface area contributed by atoms with Crippen LogP contribution in [0.1, 0.15) is 39.7 Å². The van der Waals surface area contributed by atoms with Gasteiger partial charge in [0, 0.05) is 12.6 Å². The molecule has 0 radical (unpaired) electrons. The molecule has 2 rings (SSSR count). The zero-order valence-corrected chi connectivity index (χ0v) is 16.7. The Hall–Kier alpha value is -2.13. The predicted molar refractivity (Wildman–Crippen MR) is 112 cm³/mol. The van der Waals surface area contributed by atoms with Crippen LogP contribution in [-0.4, -0.2) is 29.9 Å². The molecule has 1 amide bonds. The Morgan fingerprint density at radius 1 is 1.27 bits per heavy atom. The third-order valence-corrected chi connectivity index (χ3v) is 5.15. The van der Waals surface area contributed by atoms with Crippen LogP contribution in [0.15, 0.2) is 67.3 Å². The largest absolute Gasteiger partial charge is 0.369 e. The topological polar surface area (TPSA) is 46.3 Å². The number of benzene rings is 1. The minimum absolute atomic E-state index is 0.115. The first-order valence-electron chi connectivity index (χ1n) is 9.53. The van der Waals surface area contributed by atoms with E-state index in [1.54, 1.807) is 12.2 Å². The second-order valence-electron chi connectivity index (χ2n) is 6.67. The number of likely N-dealkylation sites (tertiary alicyclic amines) is 1. The van der Waals surface area contributed by atoms with E-state index in [1.807, 2.05) is 50.3 Å². The van der Waals surface area contributed by atoms with Crippen molar-refractivity contribution in [2.75, 3.05) is 13.1 Å². The number of amides is 1. The number of nitrogens with two attached hydrogens (primary N) is 1. The van der Waals surface area contributed by atoms with Crippen molar-refractivity contribution in [1.82, 2.24) is 4.90 Å². The van der Waals surface area contributed by atoms with E-state index in [0.29, 0.717) is 6.04 Å². The van der Waals surface area contributed by atoms with E-state index >= 15 is 0 Å². The third-order valence-electron chi connectivity index (χ3n) is 5.15. The fourth-order valence-electron chi connectivity index (χ4n) is 3.92.